The normalized spacial score (nSPS) is 22.4. The Hall–Kier alpha value is -1.36. The van der Waals surface area contributed by atoms with E-state index in [1.54, 1.807) is 12.5 Å². The lowest BCUT2D eigenvalue weighted by Gasteiger charge is -2.39. The number of piperazine rings is 1. The summed E-state index contributed by atoms with van der Waals surface area (Å²) in [6.45, 7) is 5.25. The van der Waals surface area contributed by atoms with Gasteiger partial charge in [0.05, 0.1) is 11.9 Å². The molecule has 2 heterocycles. The second kappa shape index (κ2) is 4.65. The highest BCUT2D eigenvalue weighted by molar-refractivity contribution is 5.61. The molecule has 0 aromatic carbocycles. The van der Waals surface area contributed by atoms with Crippen LogP contribution in [-0.2, 0) is 0 Å². The third kappa shape index (κ3) is 2.09. The van der Waals surface area contributed by atoms with Crippen molar-refractivity contribution in [3.05, 3.63) is 12.5 Å². The monoisotopic (exact) mass is 221 g/mol. The number of hydrogen-bond acceptors (Lipinski definition) is 5. The van der Waals surface area contributed by atoms with Gasteiger partial charge >= 0.3 is 0 Å². The average Bonchev–Trinajstić information content (AvgIpc) is 2.31. The van der Waals surface area contributed by atoms with E-state index in [0.717, 1.165) is 31.9 Å². The highest BCUT2D eigenvalue weighted by Gasteiger charge is 2.24. The first-order valence-corrected chi connectivity index (χ1v) is 5.73. The van der Waals surface area contributed by atoms with E-state index in [4.69, 9.17) is 5.73 Å². The number of nitrogens with two attached hydrogens (primary N) is 1. The lowest BCUT2D eigenvalue weighted by Crippen LogP contribution is -2.51. The molecule has 0 aliphatic carbocycles. The van der Waals surface area contributed by atoms with Gasteiger partial charge in [0.15, 0.2) is 5.82 Å². The molecule has 2 N–H and O–H groups in total. The summed E-state index contributed by atoms with van der Waals surface area (Å²) in [6.07, 6.45) is 4.38. The summed E-state index contributed by atoms with van der Waals surface area (Å²) < 4.78 is 0. The molecule has 1 aromatic heterocycles. The summed E-state index contributed by atoms with van der Waals surface area (Å²) in [6, 6.07) is 0.586. The van der Waals surface area contributed by atoms with Gasteiger partial charge in [-0.15, -0.1) is 0 Å². The minimum atomic E-state index is 0.586. The predicted octanol–water partition coefficient (Wildman–Crippen LogP) is 0.589. The second-order valence-electron chi connectivity index (χ2n) is 4.29. The number of likely N-dealkylation sites (N-methyl/N-ethyl adjacent to an activating group) is 1. The van der Waals surface area contributed by atoms with Gasteiger partial charge in [-0.25, -0.2) is 9.97 Å². The summed E-state index contributed by atoms with van der Waals surface area (Å²) in [5.74, 6) is 0.876. The second-order valence-corrected chi connectivity index (χ2v) is 4.29. The summed E-state index contributed by atoms with van der Waals surface area (Å²) in [5.41, 5.74) is 6.56. The minimum absolute atomic E-state index is 0.586. The van der Waals surface area contributed by atoms with E-state index in [0.29, 0.717) is 11.7 Å². The lowest BCUT2D eigenvalue weighted by molar-refractivity contribution is 0.213. The number of nitrogens with zero attached hydrogens (tertiary/aromatic N) is 4. The molecule has 1 saturated heterocycles. The Labute approximate surface area is 96.3 Å². The molecule has 0 amide bonds. The number of hydrogen-bond donors (Lipinski definition) is 1. The third-order valence-electron chi connectivity index (χ3n) is 3.27. The molecule has 16 heavy (non-hydrogen) atoms. The Kier molecular flexibility index (Phi) is 3.24. The van der Waals surface area contributed by atoms with E-state index in [2.05, 4.69) is 33.7 Å². The predicted molar refractivity (Wildman–Crippen MR) is 65.4 cm³/mol. The van der Waals surface area contributed by atoms with Crippen molar-refractivity contribution in [3.63, 3.8) is 0 Å². The first-order chi connectivity index (χ1) is 7.72. The fraction of sp³-hybridized carbons (Fsp3) is 0.636. The molecule has 0 bridgehead atoms. The molecular formula is C11H19N5. The Morgan fingerprint density at radius 2 is 2.31 bits per heavy atom. The highest BCUT2D eigenvalue weighted by Crippen LogP contribution is 2.22. The molecular weight excluding hydrogens is 202 g/mol. The Morgan fingerprint density at radius 1 is 1.50 bits per heavy atom. The van der Waals surface area contributed by atoms with E-state index in [9.17, 15) is 0 Å². The zero-order chi connectivity index (χ0) is 11.5. The fourth-order valence-corrected chi connectivity index (χ4v) is 2.18. The summed E-state index contributed by atoms with van der Waals surface area (Å²) in [5, 5.41) is 0. The quantitative estimate of drug-likeness (QED) is 0.792. The lowest BCUT2D eigenvalue weighted by atomic mass is 10.1. The molecule has 0 saturated carbocycles. The number of aromatic nitrogens is 2. The van der Waals surface area contributed by atoms with Gasteiger partial charge in [0.25, 0.3) is 0 Å². The molecule has 1 unspecified atom stereocenters. The SMILES string of the molecule is CCC1CN(c2ncncc2N)CCN1C. The van der Waals surface area contributed by atoms with E-state index >= 15 is 0 Å². The van der Waals surface area contributed by atoms with Crippen LogP contribution < -0.4 is 10.6 Å². The number of rotatable bonds is 2. The molecule has 1 aliphatic heterocycles. The van der Waals surface area contributed by atoms with Gasteiger partial charge in [-0.2, -0.15) is 0 Å². The zero-order valence-corrected chi connectivity index (χ0v) is 9.93. The van der Waals surface area contributed by atoms with Crippen LogP contribution in [0.15, 0.2) is 12.5 Å². The van der Waals surface area contributed by atoms with Crippen LogP contribution in [0.2, 0.25) is 0 Å². The van der Waals surface area contributed by atoms with Crippen LogP contribution in [0.5, 0.6) is 0 Å². The first-order valence-electron chi connectivity index (χ1n) is 5.73. The van der Waals surface area contributed by atoms with Crippen molar-refractivity contribution in [2.45, 2.75) is 19.4 Å². The molecule has 1 fully saturated rings. The molecule has 0 spiro atoms. The van der Waals surface area contributed by atoms with Gasteiger partial charge < -0.3 is 10.6 Å². The maximum Gasteiger partial charge on any atom is 0.155 e. The van der Waals surface area contributed by atoms with Gasteiger partial charge in [0.1, 0.15) is 6.33 Å². The van der Waals surface area contributed by atoms with Crippen LogP contribution in [0.25, 0.3) is 0 Å². The van der Waals surface area contributed by atoms with E-state index in [-0.39, 0.29) is 0 Å². The Balaban J connectivity index is 2.14. The van der Waals surface area contributed by atoms with Crippen molar-refractivity contribution in [2.75, 3.05) is 37.3 Å². The molecule has 0 radical (unpaired) electrons. The van der Waals surface area contributed by atoms with Gasteiger partial charge in [-0.05, 0) is 13.5 Å². The maximum atomic E-state index is 5.89. The molecule has 1 atom stereocenters. The topological polar surface area (TPSA) is 58.3 Å². The van der Waals surface area contributed by atoms with Crippen LogP contribution >= 0.6 is 0 Å². The van der Waals surface area contributed by atoms with Crippen molar-refractivity contribution in [3.8, 4) is 0 Å². The van der Waals surface area contributed by atoms with Crippen molar-refractivity contribution in [2.24, 2.45) is 0 Å². The third-order valence-corrected chi connectivity index (χ3v) is 3.27. The van der Waals surface area contributed by atoms with Crippen molar-refractivity contribution in [1.82, 2.24) is 14.9 Å². The molecule has 1 aliphatic rings. The Bertz CT molecular complexity index is 354. The van der Waals surface area contributed by atoms with Gasteiger partial charge in [0.2, 0.25) is 0 Å². The fourth-order valence-electron chi connectivity index (χ4n) is 2.18. The molecule has 5 nitrogen and oxygen atoms in total. The van der Waals surface area contributed by atoms with Gasteiger partial charge in [-0.1, -0.05) is 6.92 Å². The summed E-state index contributed by atoms with van der Waals surface area (Å²) in [4.78, 5) is 12.8. The largest absolute Gasteiger partial charge is 0.394 e. The zero-order valence-electron chi connectivity index (χ0n) is 9.93. The van der Waals surface area contributed by atoms with Crippen molar-refractivity contribution < 1.29 is 0 Å². The maximum absolute atomic E-state index is 5.89. The standard InChI is InChI=1S/C11H19N5/c1-3-9-7-16(5-4-15(9)2)11-10(12)6-13-8-14-11/h6,8-9H,3-5,7,12H2,1-2H3. The highest BCUT2D eigenvalue weighted by atomic mass is 15.3. The van der Waals surface area contributed by atoms with Crippen LogP contribution in [-0.4, -0.2) is 47.6 Å². The molecule has 5 heteroatoms. The number of nitrogen functional groups attached to an aromatic ring is 1. The van der Waals surface area contributed by atoms with Crippen LogP contribution in [0.3, 0.4) is 0 Å². The molecule has 88 valence electrons. The van der Waals surface area contributed by atoms with Gasteiger partial charge in [-0.3, -0.25) is 4.90 Å². The molecule has 1 aromatic rings. The van der Waals surface area contributed by atoms with Crippen molar-refractivity contribution in [1.29, 1.82) is 0 Å². The van der Waals surface area contributed by atoms with Gasteiger partial charge in [0, 0.05) is 25.7 Å². The van der Waals surface area contributed by atoms with E-state index < -0.39 is 0 Å². The first kappa shape index (κ1) is 11.1. The summed E-state index contributed by atoms with van der Waals surface area (Å²) in [7, 11) is 2.18. The van der Waals surface area contributed by atoms with E-state index in [1.165, 1.54) is 0 Å². The number of anilines is 2. The summed E-state index contributed by atoms with van der Waals surface area (Å²) >= 11 is 0. The smallest absolute Gasteiger partial charge is 0.155 e. The van der Waals surface area contributed by atoms with E-state index in [1.807, 2.05) is 0 Å². The van der Waals surface area contributed by atoms with Crippen LogP contribution in [0.4, 0.5) is 11.5 Å². The minimum Gasteiger partial charge on any atom is -0.394 e. The van der Waals surface area contributed by atoms with Crippen LogP contribution in [0.1, 0.15) is 13.3 Å². The van der Waals surface area contributed by atoms with Crippen LogP contribution in [0, 0.1) is 0 Å². The van der Waals surface area contributed by atoms with Crippen molar-refractivity contribution >= 4 is 11.5 Å². The Morgan fingerprint density at radius 3 is 3.00 bits per heavy atom. The molecule has 2 rings (SSSR count). The average molecular weight is 221 g/mol.